The molecule has 1 aromatic heterocycles. The number of rotatable bonds is 7. The number of benzene rings is 3. The van der Waals surface area contributed by atoms with E-state index in [2.05, 4.69) is 31.9 Å². The summed E-state index contributed by atoms with van der Waals surface area (Å²) in [6.07, 6.45) is -4.92. The first-order valence-corrected chi connectivity index (χ1v) is 11.9. The second-order valence-corrected chi connectivity index (χ2v) is 8.91. The molecule has 0 saturated heterocycles. The maximum absolute atomic E-state index is 13.7. The monoisotopic (exact) mass is 545 g/mol. The molecule has 0 unspecified atom stereocenters. The number of aryl methyl sites for hydroxylation is 2. The van der Waals surface area contributed by atoms with Crippen molar-refractivity contribution < 1.29 is 18.1 Å². The second kappa shape index (κ2) is 11.2. The Morgan fingerprint density at radius 3 is 2.02 bits per heavy atom. The van der Waals surface area contributed by atoms with Crippen LogP contribution in [0.25, 0.3) is 0 Å². The van der Waals surface area contributed by atoms with E-state index in [1.54, 1.807) is 19.1 Å². The largest absolute Gasteiger partial charge is 0.418 e. The molecule has 0 spiro atoms. The minimum absolute atomic E-state index is 0.0272. The first-order valence-electron chi connectivity index (χ1n) is 11.9. The number of hydrogen-bond acceptors (Lipinski definition) is 8. The Bertz CT molecular complexity index is 1680. The van der Waals surface area contributed by atoms with Gasteiger partial charge in [0.2, 0.25) is 0 Å². The SMILES string of the molecule is Cc1cccc(Nc2nc(Nc3cccc(C)c3)c(N=Nc3ccc([N+](=O)[O-])cc3C(F)(F)F)c(C)c2C#N)c1. The zero-order chi connectivity index (χ0) is 29.0. The molecule has 0 bridgehead atoms. The summed E-state index contributed by atoms with van der Waals surface area (Å²) in [6.45, 7) is 5.38. The van der Waals surface area contributed by atoms with Crippen molar-refractivity contribution in [3.8, 4) is 6.07 Å². The number of nitro benzene ring substituents is 1. The van der Waals surface area contributed by atoms with Crippen LogP contribution >= 0.6 is 0 Å². The van der Waals surface area contributed by atoms with Crippen LogP contribution in [0.4, 0.5) is 53.2 Å². The predicted octanol–water partition coefficient (Wildman–Crippen LogP) is 8.71. The molecule has 4 aromatic rings. The number of azo groups is 1. The highest BCUT2D eigenvalue weighted by Gasteiger charge is 2.35. The number of nitrogens with zero attached hydrogens (tertiary/aromatic N) is 5. The summed E-state index contributed by atoms with van der Waals surface area (Å²) >= 11 is 0. The van der Waals surface area contributed by atoms with Crippen LogP contribution in [-0.4, -0.2) is 9.91 Å². The zero-order valence-electron chi connectivity index (χ0n) is 21.5. The van der Waals surface area contributed by atoms with Gasteiger partial charge in [-0.25, -0.2) is 4.98 Å². The number of hydrogen-bond donors (Lipinski definition) is 2. The van der Waals surface area contributed by atoms with Crippen molar-refractivity contribution in [1.29, 1.82) is 5.26 Å². The summed E-state index contributed by atoms with van der Waals surface area (Å²) in [5.41, 5.74) is 1.00. The zero-order valence-corrected chi connectivity index (χ0v) is 21.5. The highest BCUT2D eigenvalue weighted by atomic mass is 19.4. The molecule has 4 rings (SSSR count). The first-order chi connectivity index (χ1) is 19.0. The van der Waals surface area contributed by atoms with Crippen molar-refractivity contribution in [2.75, 3.05) is 10.6 Å². The Kier molecular flexibility index (Phi) is 7.76. The Hall–Kier alpha value is -5.31. The Labute approximate surface area is 227 Å². The Balaban J connectivity index is 1.87. The van der Waals surface area contributed by atoms with Gasteiger partial charge >= 0.3 is 6.18 Å². The normalized spacial score (nSPS) is 11.3. The fourth-order valence-corrected chi connectivity index (χ4v) is 3.91. The fraction of sp³-hybridized carbons (Fsp3) is 0.143. The van der Waals surface area contributed by atoms with E-state index in [1.165, 1.54) is 0 Å². The van der Waals surface area contributed by atoms with Crippen molar-refractivity contribution in [2.24, 2.45) is 10.2 Å². The molecule has 202 valence electrons. The number of anilines is 4. The van der Waals surface area contributed by atoms with Crippen molar-refractivity contribution >= 4 is 40.1 Å². The van der Waals surface area contributed by atoms with Crippen molar-refractivity contribution in [3.63, 3.8) is 0 Å². The molecule has 1 heterocycles. The van der Waals surface area contributed by atoms with E-state index in [4.69, 9.17) is 0 Å². The Morgan fingerprint density at radius 1 is 0.900 bits per heavy atom. The minimum atomic E-state index is -4.92. The average molecular weight is 546 g/mol. The molecular formula is C28H22F3N7O2. The summed E-state index contributed by atoms with van der Waals surface area (Å²) in [5.74, 6) is 0.350. The summed E-state index contributed by atoms with van der Waals surface area (Å²) in [4.78, 5) is 14.7. The number of aromatic nitrogens is 1. The van der Waals surface area contributed by atoms with Crippen LogP contribution in [0, 0.1) is 42.2 Å². The van der Waals surface area contributed by atoms with Gasteiger partial charge in [0, 0.05) is 29.1 Å². The van der Waals surface area contributed by atoms with Gasteiger partial charge in [0.1, 0.15) is 11.8 Å². The summed E-state index contributed by atoms with van der Waals surface area (Å²) < 4.78 is 41.1. The van der Waals surface area contributed by atoms with E-state index < -0.39 is 28.0 Å². The van der Waals surface area contributed by atoms with E-state index in [-0.39, 0.29) is 22.9 Å². The quantitative estimate of drug-likeness (QED) is 0.136. The minimum Gasteiger partial charge on any atom is -0.339 e. The van der Waals surface area contributed by atoms with Crippen LogP contribution in [0.1, 0.15) is 27.8 Å². The molecule has 2 N–H and O–H groups in total. The van der Waals surface area contributed by atoms with Gasteiger partial charge in [-0.1, -0.05) is 24.3 Å². The average Bonchev–Trinajstić information content (AvgIpc) is 2.88. The molecule has 0 saturated carbocycles. The molecule has 0 aliphatic rings. The van der Waals surface area contributed by atoms with Crippen LogP contribution in [0.15, 0.2) is 77.0 Å². The fourth-order valence-electron chi connectivity index (χ4n) is 3.91. The van der Waals surface area contributed by atoms with Crippen LogP contribution < -0.4 is 10.6 Å². The van der Waals surface area contributed by atoms with Gasteiger partial charge in [-0.2, -0.15) is 18.4 Å². The van der Waals surface area contributed by atoms with Crippen LogP contribution in [-0.2, 0) is 6.18 Å². The molecule has 0 radical (unpaired) electrons. The number of pyridine rings is 1. The highest BCUT2D eigenvalue weighted by Crippen LogP contribution is 2.41. The summed E-state index contributed by atoms with van der Waals surface area (Å²) in [7, 11) is 0. The van der Waals surface area contributed by atoms with Gasteiger partial charge in [0.05, 0.1) is 21.7 Å². The molecule has 0 amide bonds. The lowest BCUT2D eigenvalue weighted by Crippen LogP contribution is -2.06. The molecule has 3 aromatic carbocycles. The van der Waals surface area contributed by atoms with Gasteiger partial charge < -0.3 is 10.6 Å². The van der Waals surface area contributed by atoms with Crippen molar-refractivity contribution in [2.45, 2.75) is 26.9 Å². The van der Waals surface area contributed by atoms with Crippen LogP contribution in [0.3, 0.4) is 0 Å². The van der Waals surface area contributed by atoms with E-state index in [9.17, 15) is 28.5 Å². The number of nitrogens with one attached hydrogen (secondary N) is 2. The summed E-state index contributed by atoms with van der Waals surface area (Å²) in [6, 6.07) is 19.0. The lowest BCUT2D eigenvalue weighted by molar-refractivity contribution is -0.385. The van der Waals surface area contributed by atoms with Gasteiger partial charge in [0.15, 0.2) is 11.6 Å². The number of nitriles is 1. The molecule has 0 aliphatic heterocycles. The molecule has 40 heavy (non-hydrogen) atoms. The van der Waals surface area contributed by atoms with Crippen LogP contribution in [0.5, 0.6) is 0 Å². The highest BCUT2D eigenvalue weighted by molar-refractivity contribution is 5.79. The molecule has 0 atom stereocenters. The third-order valence-electron chi connectivity index (χ3n) is 5.84. The first kappa shape index (κ1) is 27.7. The third-order valence-corrected chi connectivity index (χ3v) is 5.84. The van der Waals surface area contributed by atoms with Gasteiger partial charge in [0.25, 0.3) is 5.69 Å². The maximum Gasteiger partial charge on any atom is 0.418 e. The van der Waals surface area contributed by atoms with Gasteiger partial charge in [-0.05, 0) is 62.2 Å². The second-order valence-electron chi connectivity index (χ2n) is 8.91. The number of nitro groups is 1. The van der Waals surface area contributed by atoms with E-state index in [1.807, 2.05) is 50.2 Å². The van der Waals surface area contributed by atoms with Crippen molar-refractivity contribution in [1.82, 2.24) is 4.98 Å². The van der Waals surface area contributed by atoms with Gasteiger partial charge in [-0.3, -0.25) is 10.1 Å². The van der Waals surface area contributed by atoms with Gasteiger partial charge in [-0.15, -0.1) is 10.2 Å². The lowest BCUT2D eigenvalue weighted by Gasteiger charge is -2.16. The molecule has 0 fully saturated rings. The van der Waals surface area contributed by atoms with Crippen LogP contribution in [0.2, 0.25) is 0 Å². The molecular weight excluding hydrogens is 523 g/mol. The lowest BCUT2D eigenvalue weighted by atomic mass is 10.1. The number of alkyl halides is 3. The topological polar surface area (TPSA) is 129 Å². The molecule has 12 heteroatoms. The smallest absolute Gasteiger partial charge is 0.339 e. The maximum atomic E-state index is 13.7. The number of non-ortho nitro benzene ring substituents is 1. The summed E-state index contributed by atoms with van der Waals surface area (Å²) in [5, 5.41) is 35.1. The van der Waals surface area contributed by atoms with E-state index >= 15 is 0 Å². The van der Waals surface area contributed by atoms with Crippen molar-refractivity contribution in [3.05, 3.63) is 105 Å². The standard InChI is InChI=1S/C28H22F3N7O2/c1-16-6-4-8-19(12-16)33-26-22(15-32)18(3)25(27(35-26)34-20-9-5-7-17(2)13-20)37-36-24-11-10-21(38(39)40)14-23(24)28(29,30)31/h4-14H,1-3H3,(H2,33,34,35). The van der Waals surface area contributed by atoms with E-state index in [0.29, 0.717) is 23.0 Å². The predicted molar refractivity (Wildman–Crippen MR) is 145 cm³/mol. The molecule has 9 nitrogen and oxygen atoms in total. The number of halogens is 3. The Morgan fingerprint density at radius 2 is 1.50 bits per heavy atom. The third kappa shape index (κ3) is 6.21. The van der Waals surface area contributed by atoms with E-state index in [0.717, 1.165) is 23.3 Å². The molecule has 0 aliphatic carbocycles.